The van der Waals surface area contributed by atoms with Gasteiger partial charge in [0.2, 0.25) is 0 Å². The Bertz CT molecular complexity index is 500. The van der Waals surface area contributed by atoms with Crippen molar-refractivity contribution in [3.05, 3.63) is 29.8 Å². The van der Waals surface area contributed by atoms with Gasteiger partial charge in [0.05, 0.1) is 5.41 Å². The van der Waals surface area contributed by atoms with Crippen LogP contribution in [0.5, 0.6) is 5.75 Å². The van der Waals surface area contributed by atoms with Crippen molar-refractivity contribution in [1.29, 1.82) is 0 Å². The predicted molar refractivity (Wildman–Crippen MR) is 65.9 cm³/mol. The average Bonchev–Trinajstić information content (AvgIpc) is 2.40. The number of rotatable bonds is 4. The minimum Gasteiger partial charge on any atom is -0.481 e. The van der Waals surface area contributed by atoms with E-state index < -0.39 is 18.0 Å². The van der Waals surface area contributed by atoms with Gasteiger partial charge >= 0.3 is 12.6 Å². The maximum absolute atomic E-state index is 12.1. The molecule has 0 amide bonds. The first-order valence-electron chi connectivity index (χ1n) is 6.24. The molecule has 1 N–H and O–H groups in total. The number of benzene rings is 1. The third kappa shape index (κ3) is 2.79. The predicted octanol–water partition coefficient (Wildman–Crippen LogP) is 2.75. The second-order valence-electron chi connectivity index (χ2n) is 4.83. The minimum absolute atomic E-state index is 0.0174. The highest BCUT2D eigenvalue weighted by molar-refractivity contribution is 5.87. The lowest BCUT2D eigenvalue weighted by atomic mass is 9.69. The number of ketones is 1. The number of carboxylic acid groups (broad SMARTS) is 1. The summed E-state index contributed by atoms with van der Waals surface area (Å²) in [6.45, 7) is -2.92. The van der Waals surface area contributed by atoms with Crippen LogP contribution in [-0.4, -0.2) is 23.5 Å². The highest BCUT2D eigenvalue weighted by Gasteiger charge is 2.43. The summed E-state index contributed by atoms with van der Waals surface area (Å²) in [6, 6.07) is 5.59. The van der Waals surface area contributed by atoms with Crippen molar-refractivity contribution in [2.75, 3.05) is 0 Å². The maximum Gasteiger partial charge on any atom is 0.387 e. The van der Waals surface area contributed by atoms with E-state index in [-0.39, 0.29) is 37.2 Å². The molecular formula is C14H14F2O4. The number of aliphatic carboxylic acids is 1. The molecule has 108 valence electrons. The van der Waals surface area contributed by atoms with Crippen molar-refractivity contribution in [1.82, 2.24) is 0 Å². The first kappa shape index (κ1) is 14.4. The summed E-state index contributed by atoms with van der Waals surface area (Å²) in [5.41, 5.74) is -0.601. The Balaban J connectivity index is 2.26. The van der Waals surface area contributed by atoms with Crippen molar-refractivity contribution in [2.24, 2.45) is 0 Å². The SMILES string of the molecule is O=C1CCC(C(=O)O)(c2ccc(OC(F)F)cc2)CC1. The van der Waals surface area contributed by atoms with Crippen molar-refractivity contribution in [3.63, 3.8) is 0 Å². The smallest absolute Gasteiger partial charge is 0.387 e. The van der Waals surface area contributed by atoms with Gasteiger partial charge in [-0.15, -0.1) is 0 Å². The Labute approximate surface area is 114 Å². The maximum atomic E-state index is 12.1. The van der Waals surface area contributed by atoms with Gasteiger partial charge in [0.1, 0.15) is 11.5 Å². The molecule has 0 saturated heterocycles. The molecule has 1 aromatic rings. The van der Waals surface area contributed by atoms with Gasteiger partial charge < -0.3 is 9.84 Å². The zero-order chi connectivity index (χ0) is 14.8. The van der Waals surface area contributed by atoms with Crippen molar-refractivity contribution >= 4 is 11.8 Å². The van der Waals surface area contributed by atoms with E-state index in [4.69, 9.17) is 0 Å². The number of ether oxygens (including phenoxy) is 1. The molecule has 0 atom stereocenters. The number of carboxylic acids is 1. The average molecular weight is 284 g/mol. The number of halogens is 2. The molecule has 0 unspecified atom stereocenters. The highest BCUT2D eigenvalue weighted by atomic mass is 19.3. The zero-order valence-corrected chi connectivity index (χ0v) is 10.6. The molecule has 4 nitrogen and oxygen atoms in total. The van der Waals surface area contributed by atoms with Crippen LogP contribution in [0.2, 0.25) is 0 Å². The molecule has 20 heavy (non-hydrogen) atoms. The standard InChI is InChI=1S/C14H14F2O4/c15-13(16)20-11-3-1-9(2-4-11)14(12(18)19)7-5-10(17)6-8-14/h1-4,13H,5-8H2,(H,18,19). The summed E-state index contributed by atoms with van der Waals surface area (Å²) in [6.07, 6.45) is 0.912. The van der Waals surface area contributed by atoms with Gasteiger partial charge in [-0.1, -0.05) is 12.1 Å². The van der Waals surface area contributed by atoms with Gasteiger partial charge in [-0.05, 0) is 30.5 Å². The number of carbonyl (C=O) groups is 2. The van der Waals surface area contributed by atoms with E-state index in [1.807, 2.05) is 0 Å². The van der Waals surface area contributed by atoms with Crippen LogP contribution in [0.4, 0.5) is 8.78 Å². The van der Waals surface area contributed by atoms with Crippen LogP contribution in [0.15, 0.2) is 24.3 Å². The lowest BCUT2D eigenvalue weighted by molar-refractivity contribution is -0.146. The fraction of sp³-hybridized carbons (Fsp3) is 0.429. The lowest BCUT2D eigenvalue weighted by Gasteiger charge is -2.33. The second kappa shape index (κ2) is 5.56. The fourth-order valence-electron chi connectivity index (χ4n) is 2.54. The van der Waals surface area contributed by atoms with Gasteiger partial charge in [-0.2, -0.15) is 8.78 Å². The molecule has 0 aliphatic heterocycles. The molecule has 0 spiro atoms. The van der Waals surface area contributed by atoms with Crippen LogP contribution < -0.4 is 4.74 Å². The first-order valence-corrected chi connectivity index (χ1v) is 6.24. The third-order valence-electron chi connectivity index (χ3n) is 3.70. The monoisotopic (exact) mass is 284 g/mol. The molecule has 1 aromatic carbocycles. The van der Waals surface area contributed by atoms with Gasteiger partial charge in [0.25, 0.3) is 0 Å². The third-order valence-corrected chi connectivity index (χ3v) is 3.70. The lowest BCUT2D eigenvalue weighted by Crippen LogP contribution is -2.39. The van der Waals surface area contributed by atoms with Gasteiger partial charge in [0, 0.05) is 12.8 Å². The summed E-state index contributed by atoms with van der Waals surface area (Å²) in [5.74, 6) is -0.955. The van der Waals surface area contributed by atoms with E-state index in [1.54, 1.807) is 0 Å². The molecule has 2 rings (SSSR count). The van der Waals surface area contributed by atoms with Gasteiger partial charge in [-0.25, -0.2) is 0 Å². The molecule has 1 fully saturated rings. The van der Waals surface area contributed by atoms with E-state index in [2.05, 4.69) is 4.74 Å². The Morgan fingerprint density at radius 1 is 1.20 bits per heavy atom. The second-order valence-corrected chi connectivity index (χ2v) is 4.83. The topological polar surface area (TPSA) is 63.6 Å². The number of carbonyl (C=O) groups excluding carboxylic acids is 1. The normalized spacial score (nSPS) is 18.1. The Morgan fingerprint density at radius 2 is 1.75 bits per heavy atom. The summed E-state index contributed by atoms with van der Waals surface area (Å²) >= 11 is 0. The Kier molecular flexibility index (Phi) is 4.01. The van der Waals surface area contributed by atoms with Crippen LogP contribution in [0, 0.1) is 0 Å². The molecule has 6 heteroatoms. The molecular weight excluding hydrogens is 270 g/mol. The van der Waals surface area contributed by atoms with Crippen LogP contribution in [0.1, 0.15) is 31.2 Å². The molecule has 1 saturated carbocycles. The zero-order valence-electron chi connectivity index (χ0n) is 10.6. The van der Waals surface area contributed by atoms with E-state index in [9.17, 15) is 23.5 Å². The molecule has 0 bridgehead atoms. The minimum atomic E-state index is -2.92. The van der Waals surface area contributed by atoms with E-state index in [1.165, 1.54) is 24.3 Å². The molecule has 0 radical (unpaired) electrons. The van der Waals surface area contributed by atoms with E-state index in [0.717, 1.165) is 0 Å². The number of Topliss-reactive ketones (excluding diaryl/α,β-unsaturated/α-hetero) is 1. The highest BCUT2D eigenvalue weighted by Crippen LogP contribution is 2.39. The van der Waals surface area contributed by atoms with Crippen LogP contribution in [0.3, 0.4) is 0 Å². The summed E-state index contributed by atoms with van der Waals surface area (Å²) in [4.78, 5) is 22.9. The quantitative estimate of drug-likeness (QED) is 0.923. The Hall–Kier alpha value is -1.98. The number of hydrogen-bond acceptors (Lipinski definition) is 3. The van der Waals surface area contributed by atoms with Crippen LogP contribution in [0.25, 0.3) is 0 Å². The summed E-state index contributed by atoms with van der Waals surface area (Å²) < 4.78 is 28.4. The largest absolute Gasteiger partial charge is 0.481 e. The fourth-order valence-corrected chi connectivity index (χ4v) is 2.54. The van der Waals surface area contributed by atoms with Gasteiger partial charge in [-0.3, -0.25) is 9.59 Å². The number of hydrogen-bond donors (Lipinski definition) is 1. The Morgan fingerprint density at radius 3 is 2.20 bits per heavy atom. The van der Waals surface area contributed by atoms with Gasteiger partial charge in [0.15, 0.2) is 0 Å². The number of alkyl halides is 2. The molecule has 0 aromatic heterocycles. The first-order chi connectivity index (χ1) is 9.44. The summed E-state index contributed by atoms with van der Waals surface area (Å²) in [5, 5.41) is 9.48. The van der Waals surface area contributed by atoms with Crippen molar-refractivity contribution in [3.8, 4) is 5.75 Å². The molecule has 0 heterocycles. The molecule has 1 aliphatic rings. The van der Waals surface area contributed by atoms with Crippen LogP contribution >= 0.6 is 0 Å². The van der Waals surface area contributed by atoms with Crippen LogP contribution in [-0.2, 0) is 15.0 Å². The van der Waals surface area contributed by atoms with Crippen molar-refractivity contribution in [2.45, 2.75) is 37.7 Å². The van der Waals surface area contributed by atoms with E-state index >= 15 is 0 Å². The molecule has 1 aliphatic carbocycles. The van der Waals surface area contributed by atoms with Crippen molar-refractivity contribution < 1.29 is 28.2 Å². The summed E-state index contributed by atoms with van der Waals surface area (Å²) in [7, 11) is 0. The van der Waals surface area contributed by atoms with E-state index in [0.29, 0.717) is 5.56 Å².